The highest BCUT2D eigenvalue weighted by atomic mass is 32.2. The van der Waals surface area contributed by atoms with E-state index in [1.165, 1.54) is 6.07 Å². The molecule has 0 saturated carbocycles. The highest BCUT2D eigenvalue weighted by Crippen LogP contribution is 2.20. The van der Waals surface area contributed by atoms with Crippen LogP contribution in [0.4, 0.5) is 11.4 Å². The highest BCUT2D eigenvalue weighted by molar-refractivity contribution is 7.92. The van der Waals surface area contributed by atoms with Crippen LogP contribution >= 0.6 is 0 Å². The third-order valence-electron chi connectivity index (χ3n) is 3.89. The van der Waals surface area contributed by atoms with Gasteiger partial charge in [0.25, 0.3) is 5.91 Å². The molecular formula is C19H22N2O5S. The predicted octanol–water partition coefficient (Wildman–Crippen LogP) is 3.28. The van der Waals surface area contributed by atoms with Gasteiger partial charge >= 0.3 is 5.97 Å². The molecule has 27 heavy (non-hydrogen) atoms. The second-order valence-corrected chi connectivity index (χ2v) is 7.98. The Bertz CT molecular complexity index is 941. The van der Waals surface area contributed by atoms with E-state index in [1.807, 2.05) is 0 Å². The van der Waals surface area contributed by atoms with E-state index in [9.17, 15) is 18.0 Å². The number of rotatable bonds is 8. The van der Waals surface area contributed by atoms with Crippen molar-refractivity contribution in [3.05, 3.63) is 59.7 Å². The zero-order valence-corrected chi connectivity index (χ0v) is 15.9. The van der Waals surface area contributed by atoms with Crippen LogP contribution in [0.3, 0.4) is 0 Å². The van der Waals surface area contributed by atoms with Crippen LogP contribution in [0.2, 0.25) is 0 Å². The van der Waals surface area contributed by atoms with Crippen LogP contribution in [0.15, 0.2) is 48.5 Å². The lowest BCUT2D eigenvalue weighted by atomic mass is 10.0. The molecule has 3 N–H and O–H groups in total. The average Bonchev–Trinajstić information content (AvgIpc) is 2.60. The van der Waals surface area contributed by atoms with Crippen molar-refractivity contribution in [2.45, 2.75) is 26.2 Å². The van der Waals surface area contributed by atoms with Crippen LogP contribution in [0.25, 0.3) is 0 Å². The van der Waals surface area contributed by atoms with E-state index in [-0.39, 0.29) is 11.3 Å². The molecule has 0 aliphatic rings. The highest BCUT2D eigenvalue weighted by Gasteiger charge is 2.15. The van der Waals surface area contributed by atoms with Crippen molar-refractivity contribution in [1.82, 2.24) is 0 Å². The number of amides is 1. The van der Waals surface area contributed by atoms with E-state index in [0.717, 1.165) is 0 Å². The fraction of sp³-hybridized carbons (Fsp3) is 0.263. The van der Waals surface area contributed by atoms with Crippen LogP contribution in [0.1, 0.15) is 42.1 Å². The van der Waals surface area contributed by atoms with Gasteiger partial charge in [-0.2, -0.15) is 0 Å². The van der Waals surface area contributed by atoms with Crippen LogP contribution in [-0.4, -0.2) is 31.2 Å². The molecule has 0 saturated heterocycles. The number of aliphatic carboxylic acids is 1. The smallest absolute Gasteiger partial charge is 0.310 e. The Kier molecular flexibility index (Phi) is 6.57. The Labute approximate surface area is 158 Å². The van der Waals surface area contributed by atoms with Gasteiger partial charge in [-0.05, 0) is 49.2 Å². The zero-order chi connectivity index (χ0) is 20.0. The van der Waals surface area contributed by atoms with E-state index >= 15 is 0 Å². The molecule has 0 aromatic heterocycles. The van der Waals surface area contributed by atoms with Gasteiger partial charge in [0.1, 0.15) is 0 Å². The molecule has 2 aromatic carbocycles. The summed E-state index contributed by atoms with van der Waals surface area (Å²) in [6, 6.07) is 12.8. The molecule has 0 bridgehead atoms. The van der Waals surface area contributed by atoms with Gasteiger partial charge in [-0.15, -0.1) is 0 Å². The molecule has 0 aliphatic heterocycles. The first kappa shape index (κ1) is 20.4. The molecule has 8 heteroatoms. The first-order valence-electron chi connectivity index (χ1n) is 8.46. The monoisotopic (exact) mass is 390 g/mol. The number of carboxylic acid groups (broad SMARTS) is 1. The lowest BCUT2D eigenvalue weighted by Crippen LogP contribution is -2.17. The predicted molar refractivity (Wildman–Crippen MR) is 105 cm³/mol. The van der Waals surface area contributed by atoms with Crippen LogP contribution in [0.5, 0.6) is 0 Å². The summed E-state index contributed by atoms with van der Waals surface area (Å²) in [4.78, 5) is 23.6. The number of carbonyl (C=O) groups excluding carboxylic acids is 1. The van der Waals surface area contributed by atoms with Gasteiger partial charge in [-0.3, -0.25) is 14.3 Å². The average molecular weight is 390 g/mol. The van der Waals surface area contributed by atoms with Gasteiger partial charge in [0, 0.05) is 16.9 Å². The summed E-state index contributed by atoms with van der Waals surface area (Å²) >= 11 is 0. The maximum absolute atomic E-state index is 12.5. The second-order valence-electron chi connectivity index (χ2n) is 6.14. The van der Waals surface area contributed by atoms with E-state index < -0.39 is 27.8 Å². The first-order chi connectivity index (χ1) is 12.7. The van der Waals surface area contributed by atoms with E-state index in [0.29, 0.717) is 23.4 Å². The normalized spacial score (nSPS) is 12.2. The summed E-state index contributed by atoms with van der Waals surface area (Å²) in [6.45, 7) is 3.33. The number of sulfonamides is 1. The minimum atomic E-state index is -3.45. The third kappa shape index (κ3) is 5.82. The molecule has 0 radical (unpaired) electrons. The Morgan fingerprint density at radius 1 is 1.07 bits per heavy atom. The number of carboxylic acids is 1. The van der Waals surface area contributed by atoms with Crippen LogP contribution in [-0.2, 0) is 14.8 Å². The van der Waals surface area contributed by atoms with Crippen molar-refractivity contribution in [3.8, 4) is 0 Å². The summed E-state index contributed by atoms with van der Waals surface area (Å²) in [6.07, 6.45) is 0.487. The van der Waals surface area contributed by atoms with Gasteiger partial charge in [0.15, 0.2) is 0 Å². The summed E-state index contributed by atoms with van der Waals surface area (Å²) in [7, 11) is -3.45. The molecule has 0 heterocycles. The summed E-state index contributed by atoms with van der Waals surface area (Å²) in [5.41, 5.74) is 1.62. The summed E-state index contributed by atoms with van der Waals surface area (Å²) in [5, 5.41) is 11.8. The number of carbonyl (C=O) groups is 2. The van der Waals surface area contributed by atoms with Crippen LogP contribution in [0, 0.1) is 0 Å². The first-order valence-corrected chi connectivity index (χ1v) is 10.1. The van der Waals surface area contributed by atoms with Crippen molar-refractivity contribution in [1.29, 1.82) is 0 Å². The molecule has 144 valence electrons. The third-order valence-corrected chi connectivity index (χ3v) is 5.38. The quantitative estimate of drug-likeness (QED) is 0.640. The topological polar surface area (TPSA) is 113 Å². The molecule has 0 aliphatic carbocycles. The number of hydrogen-bond donors (Lipinski definition) is 3. The molecule has 7 nitrogen and oxygen atoms in total. The maximum atomic E-state index is 12.5. The Balaban J connectivity index is 2.16. The molecule has 0 fully saturated rings. The zero-order valence-electron chi connectivity index (χ0n) is 15.1. The fourth-order valence-corrected chi connectivity index (χ4v) is 3.58. The molecule has 2 aromatic rings. The second kappa shape index (κ2) is 8.68. The van der Waals surface area contributed by atoms with Gasteiger partial charge in [0.2, 0.25) is 10.0 Å². The fourth-order valence-electron chi connectivity index (χ4n) is 2.45. The number of hydrogen-bond acceptors (Lipinski definition) is 4. The lowest BCUT2D eigenvalue weighted by Gasteiger charge is -2.11. The van der Waals surface area contributed by atoms with Gasteiger partial charge in [-0.1, -0.05) is 25.1 Å². The standard InChI is InChI=1S/C19H22N2O5S/c1-3-10-27(25,26)21-17-9-5-7-15(12-17)18(22)20-16-8-4-6-14(11-16)13(2)19(23)24/h4-9,11-13,21H,3,10H2,1-2H3,(H,20,22)(H,23,24). The number of benzene rings is 2. The van der Waals surface area contributed by atoms with Crippen LogP contribution < -0.4 is 10.0 Å². The summed E-state index contributed by atoms with van der Waals surface area (Å²) < 4.78 is 26.2. The SMILES string of the molecule is CCCS(=O)(=O)Nc1cccc(C(=O)Nc2cccc(C(C)C(=O)O)c2)c1. The van der Waals surface area contributed by atoms with Crippen molar-refractivity contribution in [2.75, 3.05) is 15.8 Å². The molecule has 1 unspecified atom stereocenters. The Morgan fingerprint density at radius 2 is 1.74 bits per heavy atom. The van der Waals surface area contributed by atoms with E-state index in [4.69, 9.17) is 5.11 Å². The van der Waals surface area contributed by atoms with Gasteiger partial charge in [0.05, 0.1) is 11.7 Å². The summed E-state index contributed by atoms with van der Waals surface area (Å²) in [5.74, 6) is -2.08. The minimum Gasteiger partial charge on any atom is -0.481 e. The molecule has 1 amide bonds. The molecular weight excluding hydrogens is 368 g/mol. The molecule has 1 atom stereocenters. The van der Waals surface area contributed by atoms with Crippen molar-refractivity contribution < 1.29 is 23.1 Å². The lowest BCUT2D eigenvalue weighted by molar-refractivity contribution is -0.138. The molecule has 0 spiro atoms. The van der Waals surface area contributed by atoms with Gasteiger partial charge < -0.3 is 10.4 Å². The van der Waals surface area contributed by atoms with E-state index in [2.05, 4.69) is 10.0 Å². The number of anilines is 2. The maximum Gasteiger partial charge on any atom is 0.310 e. The molecule has 2 rings (SSSR count). The number of nitrogens with one attached hydrogen (secondary N) is 2. The van der Waals surface area contributed by atoms with Gasteiger partial charge in [-0.25, -0.2) is 8.42 Å². The Hall–Kier alpha value is -2.87. The minimum absolute atomic E-state index is 0.00201. The Morgan fingerprint density at radius 3 is 2.41 bits per heavy atom. The van der Waals surface area contributed by atoms with Crippen molar-refractivity contribution in [2.24, 2.45) is 0 Å². The van der Waals surface area contributed by atoms with Crippen molar-refractivity contribution >= 4 is 33.3 Å². The van der Waals surface area contributed by atoms with Crippen molar-refractivity contribution in [3.63, 3.8) is 0 Å². The largest absolute Gasteiger partial charge is 0.481 e. The van der Waals surface area contributed by atoms with E-state index in [1.54, 1.807) is 56.3 Å².